The Labute approximate surface area is 176 Å². The van der Waals surface area contributed by atoms with Crippen molar-refractivity contribution in [3.05, 3.63) is 40.2 Å². The fourth-order valence-corrected chi connectivity index (χ4v) is 5.74. The van der Waals surface area contributed by atoms with E-state index in [-0.39, 0.29) is 22.6 Å². The number of allylic oxidation sites excluding steroid dienone is 1. The summed E-state index contributed by atoms with van der Waals surface area (Å²) in [4.78, 5) is 0. The lowest BCUT2D eigenvalue weighted by Crippen LogP contribution is -2.25. The van der Waals surface area contributed by atoms with E-state index < -0.39 is 12.0 Å². The van der Waals surface area contributed by atoms with Gasteiger partial charge in [-0.1, -0.05) is 44.2 Å². The number of rotatable bonds is 5. The Balaban J connectivity index is 1.58. The Morgan fingerprint density at radius 2 is 1.55 bits per heavy atom. The first-order chi connectivity index (χ1) is 13.8. The molecule has 162 valence electrons. The van der Waals surface area contributed by atoms with Crippen LogP contribution < -0.4 is 0 Å². The second-order valence-corrected chi connectivity index (χ2v) is 9.36. The number of alkyl halides is 3. The van der Waals surface area contributed by atoms with Crippen LogP contribution in [0.5, 0.6) is 0 Å². The quantitative estimate of drug-likeness (QED) is 0.409. The SMILES string of the molecule is CCCC1CCC(C2CCC(c3cc(F)c(/C=C/C(F)(F)F)c(Cl)c3)CC2)CC1. The van der Waals surface area contributed by atoms with Crippen molar-refractivity contribution in [2.24, 2.45) is 17.8 Å². The van der Waals surface area contributed by atoms with E-state index in [1.165, 1.54) is 44.6 Å². The molecule has 0 heterocycles. The van der Waals surface area contributed by atoms with Gasteiger partial charge in [0, 0.05) is 11.6 Å². The fourth-order valence-electron chi connectivity index (χ4n) is 5.46. The zero-order chi connectivity index (χ0) is 21.0. The third-order valence-corrected chi connectivity index (χ3v) is 7.35. The monoisotopic (exact) mass is 430 g/mol. The second kappa shape index (κ2) is 9.85. The Hall–Kier alpha value is -1.03. The Bertz CT molecular complexity index is 670. The van der Waals surface area contributed by atoms with Crippen molar-refractivity contribution in [2.45, 2.75) is 83.2 Å². The minimum Gasteiger partial charge on any atom is -0.206 e. The summed E-state index contributed by atoms with van der Waals surface area (Å²) in [6, 6.07) is 3.03. The molecule has 0 amide bonds. The van der Waals surface area contributed by atoms with E-state index in [1.807, 2.05) is 0 Å². The third-order valence-electron chi connectivity index (χ3n) is 7.04. The first-order valence-electron chi connectivity index (χ1n) is 11.0. The molecule has 0 atom stereocenters. The van der Waals surface area contributed by atoms with Gasteiger partial charge in [0.1, 0.15) is 5.82 Å². The molecule has 0 N–H and O–H groups in total. The minimum absolute atomic E-state index is 0.0252. The fraction of sp³-hybridized carbons (Fsp3) is 0.667. The summed E-state index contributed by atoms with van der Waals surface area (Å²) in [6.45, 7) is 2.27. The molecular formula is C24H31ClF4. The topological polar surface area (TPSA) is 0 Å². The number of benzene rings is 1. The maximum absolute atomic E-state index is 14.4. The van der Waals surface area contributed by atoms with Gasteiger partial charge in [0.25, 0.3) is 0 Å². The van der Waals surface area contributed by atoms with E-state index in [0.717, 1.165) is 49.0 Å². The minimum atomic E-state index is -4.48. The number of hydrogen-bond acceptors (Lipinski definition) is 0. The summed E-state index contributed by atoms with van der Waals surface area (Å²) in [5.41, 5.74) is 0.632. The maximum Gasteiger partial charge on any atom is 0.409 e. The molecule has 2 aliphatic carbocycles. The van der Waals surface area contributed by atoms with Crippen molar-refractivity contribution in [3.8, 4) is 0 Å². The average molecular weight is 431 g/mol. The molecule has 1 aromatic carbocycles. The average Bonchev–Trinajstić information content (AvgIpc) is 2.67. The molecule has 0 unspecified atom stereocenters. The van der Waals surface area contributed by atoms with Crippen LogP contribution in [0, 0.1) is 23.6 Å². The van der Waals surface area contributed by atoms with E-state index >= 15 is 0 Å². The molecule has 1 aromatic rings. The third kappa shape index (κ3) is 6.23. The highest BCUT2D eigenvalue weighted by molar-refractivity contribution is 6.32. The highest BCUT2D eigenvalue weighted by atomic mass is 35.5. The summed E-state index contributed by atoms with van der Waals surface area (Å²) >= 11 is 6.11. The van der Waals surface area contributed by atoms with Gasteiger partial charge in [0.15, 0.2) is 0 Å². The van der Waals surface area contributed by atoms with Crippen molar-refractivity contribution in [1.29, 1.82) is 0 Å². The van der Waals surface area contributed by atoms with E-state index in [1.54, 1.807) is 6.07 Å². The molecule has 2 fully saturated rings. The van der Waals surface area contributed by atoms with Gasteiger partial charge in [-0.2, -0.15) is 13.2 Å². The lowest BCUT2D eigenvalue weighted by atomic mass is 9.68. The van der Waals surface area contributed by atoms with Crippen molar-refractivity contribution in [2.75, 3.05) is 0 Å². The summed E-state index contributed by atoms with van der Waals surface area (Å²) in [5.74, 6) is 2.09. The zero-order valence-electron chi connectivity index (χ0n) is 17.1. The van der Waals surface area contributed by atoms with Gasteiger partial charge in [-0.05, 0) is 86.0 Å². The molecule has 0 bridgehead atoms. The van der Waals surface area contributed by atoms with Crippen LogP contribution in [0.15, 0.2) is 18.2 Å². The van der Waals surface area contributed by atoms with Gasteiger partial charge in [0.2, 0.25) is 0 Å². The molecule has 0 spiro atoms. The number of halogens is 5. The normalized spacial score (nSPS) is 28.8. The predicted octanol–water partition coefficient (Wildman–Crippen LogP) is 8.93. The van der Waals surface area contributed by atoms with Gasteiger partial charge in [-0.3, -0.25) is 0 Å². The molecular weight excluding hydrogens is 400 g/mol. The van der Waals surface area contributed by atoms with E-state index in [4.69, 9.17) is 11.6 Å². The van der Waals surface area contributed by atoms with Crippen LogP contribution in [-0.2, 0) is 0 Å². The van der Waals surface area contributed by atoms with Crippen LogP contribution in [0.3, 0.4) is 0 Å². The molecule has 2 aliphatic rings. The molecule has 29 heavy (non-hydrogen) atoms. The van der Waals surface area contributed by atoms with Crippen molar-refractivity contribution in [3.63, 3.8) is 0 Å². The van der Waals surface area contributed by atoms with E-state index in [0.29, 0.717) is 6.08 Å². The van der Waals surface area contributed by atoms with Crippen molar-refractivity contribution >= 4 is 17.7 Å². The summed E-state index contributed by atoms with van der Waals surface area (Å²) < 4.78 is 51.5. The lowest BCUT2D eigenvalue weighted by molar-refractivity contribution is -0.0790. The van der Waals surface area contributed by atoms with Crippen LogP contribution in [-0.4, -0.2) is 6.18 Å². The summed E-state index contributed by atoms with van der Waals surface area (Å²) in [7, 11) is 0. The molecule has 0 nitrogen and oxygen atoms in total. The molecule has 5 heteroatoms. The first kappa shape index (κ1) is 22.7. The zero-order valence-corrected chi connectivity index (χ0v) is 17.8. The smallest absolute Gasteiger partial charge is 0.206 e. The highest BCUT2D eigenvalue weighted by Crippen LogP contribution is 2.45. The second-order valence-electron chi connectivity index (χ2n) is 8.95. The summed E-state index contributed by atoms with van der Waals surface area (Å²) in [5, 5.41) is 0.0527. The molecule has 2 saturated carbocycles. The highest BCUT2D eigenvalue weighted by Gasteiger charge is 2.31. The lowest BCUT2D eigenvalue weighted by Gasteiger charge is -2.38. The molecule has 0 aliphatic heterocycles. The molecule has 0 saturated heterocycles. The maximum atomic E-state index is 14.4. The first-order valence-corrected chi connectivity index (χ1v) is 11.4. The summed E-state index contributed by atoms with van der Waals surface area (Å²) in [6.07, 6.45) is 8.66. The van der Waals surface area contributed by atoms with Gasteiger partial charge in [0.05, 0.1) is 5.02 Å². The molecule has 0 radical (unpaired) electrons. The van der Waals surface area contributed by atoms with E-state index in [2.05, 4.69) is 6.92 Å². The Morgan fingerprint density at radius 1 is 0.966 bits per heavy atom. The predicted molar refractivity (Wildman–Crippen MR) is 112 cm³/mol. The van der Waals surface area contributed by atoms with Crippen LogP contribution in [0.1, 0.15) is 88.2 Å². The molecule has 3 rings (SSSR count). The van der Waals surface area contributed by atoms with Gasteiger partial charge in [-0.25, -0.2) is 4.39 Å². The van der Waals surface area contributed by atoms with E-state index in [9.17, 15) is 17.6 Å². The Morgan fingerprint density at radius 3 is 2.07 bits per heavy atom. The van der Waals surface area contributed by atoms with Gasteiger partial charge >= 0.3 is 6.18 Å². The standard InChI is InChI=1S/C24H31ClF4/c1-2-3-16-4-6-17(7-5-16)18-8-10-19(11-9-18)20-14-22(25)21(23(26)15-20)12-13-24(27,28)29/h12-19H,2-11H2,1H3/b13-12+. The van der Waals surface area contributed by atoms with Crippen LogP contribution in [0.25, 0.3) is 6.08 Å². The van der Waals surface area contributed by atoms with Crippen molar-refractivity contribution < 1.29 is 17.6 Å². The van der Waals surface area contributed by atoms with Crippen molar-refractivity contribution in [1.82, 2.24) is 0 Å². The largest absolute Gasteiger partial charge is 0.409 e. The van der Waals surface area contributed by atoms with Gasteiger partial charge < -0.3 is 0 Å². The van der Waals surface area contributed by atoms with Crippen LogP contribution in [0.4, 0.5) is 17.6 Å². The van der Waals surface area contributed by atoms with Gasteiger partial charge in [-0.15, -0.1) is 0 Å². The van der Waals surface area contributed by atoms with Crippen LogP contribution in [0.2, 0.25) is 5.02 Å². The molecule has 0 aromatic heterocycles. The Kier molecular flexibility index (Phi) is 7.69. The van der Waals surface area contributed by atoms with Crippen LogP contribution >= 0.6 is 11.6 Å². The number of hydrogen-bond donors (Lipinski definition) is 0.